The Kier molecular flexibility index (Phi) is 6.62. The molecule has 0 N–H and O–H groups in total. The van der Waals surface area contributed by atoms with E-state index in [-0.39, 0.29) is 5.56 Å². The van der Waals surface area contributed by atoms with Crippen molar-refractivity contribution < 1.29 is 17.2 Å². The first kappa shape index (κ1) is 23.1. The summed E-state index contributed by atoms with van der Waals surface area (Å²) in [6, 6.07) is 20.4. The van der Waals surface area contributed by atoms with Gasteiger partial charge < -0.3 is 0 Å². The summed E-state index contributed by atoms with van der Waals surface area (Å²) in [6.07, 6.45) is 0. The molecule has 0 aliphatic carbocycles. The number of alkyl halides is 2. The molecule has 1 aromatic heterocycles. The number of sulfone groups is 1. The monoisotopic (exact) mass is 486 g/mol. The zero-order chi connectivity index (χ0) is 23.6. The lowest BCUT2D eigenvalue weighted by Gasteiger charge is -2.14. The standard InChI is InChI=1S/C24H20F2N2O3S2/c1-16-6-8-17(9-7-16)14-28-22(29)20-4-2-3-5-21(20)27-24(28)32-15-18-10-12-19(13-11-18)33(30,31)23(25)26/h2-13,23H,14-15H2,1H3. The van der Waals surface area contributed by atoms with Crippen molar-refractivity contribution >= 4 is 32.5 Å². The van der Waals surface area contributed by atoms with E-state index >= 15 is 0 Å². The molecule has 170 valence electrons. The second-order valence-electron chi connectivity index (χ2n) is 7.53. The zero-order valence-corrected chi connectivity index (χ0v) is 19.2. The Hall–Kier alpha value is -3.04. The highest BCUT2D eigenvalue weighted by Crippen LogP contribution is 2.25. The van der Waals surface area contributed by atoms with E-state index in [0.717, 1.165) is 16.7 Å². The molecule has 0 bridgehead atoms. The van der Waals surface area contributed by atoms with Crippen molar-refractivity contribution in [3.63, 3.8) is 0 Å². The fourth-order valence-electron chi connectivity index (χ4n) is 3.30. The van der Waals surface area contributed by atoms with Gasteiger partial charge in [-0.1, -0.05) is 65.9 Å². The molecule has 0 saturated carbocycles. The predicted octanol–water partition coefficient (Wildman–Crippen LogP) is 5.04. The van der Waals surface area contributed by atoms with Crippen molar-refractivity contribution in [2.75, 3.05) is 0 Å². The van der Waals surface area contributed by atoms with Gasteiger partial charge in [0.05, 0.1) is 22.3 Å². The Labute approximate surface area is 194 Å². The van der Waals surface area contributed by atoms with Gasteiger partial charge in [0.25, 0.3) is 5.56 Å². The number of nitrogens with zero attached hydrogens (tertiary/aromatic N) is 2. The van der Waals surface area contributed by atoms with Crippen LogP contribution in [0.25, 0.3) is 10.9 Å². The van der Waals surface area contributed by atoms with Gasteiger partial charge in [0.2, 0.25) is 9.84 Å². The number of thioether (sulfide) groups is 1. The minimum atomic E-state index is -4.63. The van der Waals surface area contributed by atoms with Crippen molar-refractivity contribution in [1.82, 2.24) is 9.55 Å². The summed E-state index contributed by atoms with van der Waals surface area (Å²) in [5.74, 6) is -3.08. The van der Waals surface area contributed by atoms with Gasteiger partial charge in [-0.15, -0.1) is 0 Å². The molecule has 4 aromatic rings. The quantitative estimate of drug-likeness (QED) is 0.270. The van der Waals surface area contributed by atoms with E-state index in [1.807, 2.05) is 37.3 Å². The van der Waals surface area contributed by atoms with E-state index < -0.39 is 20.5 Å². The molecule has 0 amide bonds. The summed E-state index contributed by atoms with van der Waals surface area (Å²) in [5.41, 5.74) is 3.24. The number of aryl methyl sites for hydroxylation is 1. The maximum Gasteiger partial charge on any atom is 0.341 e. The van der Waals surface area contributed by atoms with Crippen LogP contribution in [-0.2, 0) is 22.1 Å². The van der Waals surface area contributed by atoms with Crippen molar-refractivity contribution in [2.24, 2.45) is 0 Å². The van der Waals surface area contributed by atoms with Crippen LogP contribution >= 0.6 is 11.8 Å². The number of aromatic nitrogens is 2. The van der Waals surface area contributed by atoms with Gasteiger partial charge in [-0.3, -0.25) is 9.36 Å². The number of benzene rings is 3. The minimum Gasteiger partial charge on any atom is -0.283 e. The van der Waals surface area contributed by atoms with Crippen LogP contribution in [0.15, 0.2) is 87.6 Å². The third-order valence-corrected chi connectivity index (χ3v) is 7.59. The van der Waals surface area contributed by atoms with E-state index in [2.05, 4.69) is 4.98 Å². The number of para-hydroxylation sites is 1. The number of rotatable bonds is 7. The first-order chi connectivity index (χ1) is 15.8. The second kappa shape index (κ2) is 9.44. The minimum absolute atomic E-state index is 0.151. The first-order valence-electron chi connectivity index (χ1n) is 10.0. The van der Waals surface area contributed by atoms with Crippen molar-refractivity contribution in [3.05, 3.63) is 99.8 Å². The summed E-state index contributed by atoms with van der Waals surface area (Å²) in [5, 5.41) is 1.04. The number of halogens is 2. The third-order valence-electron chi connectivity index (χ3n) is 5.14. The van der Waals surface area contributed by atoms with Crippen LogP contribution < -0.4 is 5.56 Å². The molecular formula is C24H20F2N2O3S2. The van der Waals surface area contributed by atoms with Gasteiger partial charge in [-0.2, -0.15) is 8.78 Å². The summed E-state index contributed by atoms with van der Waals surface area (Å²) >= 11 is 1.33. The number of hydrogen-bond acceptors (Lipinski definition) is 5. The average molecular weight is 487 g/mol. The van der Waals surface area contributed by atoms with Crippen LogP contribution in [0.1, 0.15) is 16.7 Å². The van der Waals surface area contributed by atoms with Gasteiger partial charge in [0.1, 0.15) is 0 Å². The van der Waals surface area contributed by atoms with Gasteiger partial charge >= 0.3 is 5.76 Å². The lowest BCUT2D eigenvalue weighted by Crippen LogP contribution is -2.24. The molecule has 0 aliphatic heterocycles. The predicted molar refractivity (Wildman–Crippen MR) is 125 cm³/mol. The molecule has 1 heterocycles. The van der Waals surface area contributed by atoms with Crippen LogP contribution in [0.2, 0.25) is 0 Å². The Balaban J connectivity index is 1.65. The lowest BCUT2D eigenvalue weighted by molar-refractivity contribution is 0.234. The maximum atomic E-state index is 13.2. The summed E-state index contributed by atoms with van der Waals surface area (Å²) < 4.78 is 50.4. The van der Waals surface area contributed by atoms with Crippen molar-refractivity contribution in [3.8, 4) is 0 Å². The van der Waals surface area contributed by atoms with E-state index in [4.69, 9.17) is 0 Å². The molecule has 0 fully saturated rings. The molecule has 4 rings (SSSR count). The molecule has 5 nitrogen and oxygen atoms in total. The first-order valence-corrected chi connectivity index (χ1v) is 12.6. The van der Waals surface area contributed by atoms with E-state index in [9.17, 15) is 22.0 Å². The zero-order valence-electron chi connectivity index (χ0n) is 17.6. The Bertz CT molecular complexity index is 1450. The molecule has 0 aliphatic rings. The van der Waals surface area contributed by atoms with E-state index in [0.29, 0.717) is 28.4 Å². The Morgan fingerprint density at radius 3 is 2.24 bits per heavy atom. The van der Waals surface area contributed by atoms with Crippen molar-refractivity contribution in [2.45, 2.75) is 35.0 Å². The molecule has 9 heteroatoms. The van der Waals surface area contributed by atoms with Crippen LogP contribution in [0.5, 0.6) is 0 Å². The topological polar surface area (TPSA) is 69.0 Å². The summed E-state index contributed by atoms with van der Waals surface area (Å²) in [7, 11) is -4.63. The molecule has 0 atom stereocenters. The SMILES string of the molecule is Cc1ccc(Cn2c(SCc3ccc(S(=O)(=O)C(F)F)cc3)nc3ccccc3c2=O)cc1. The highest BCUT2D eigenvalue weighted by molar-refractivity contribution is 7.98. The summed E-state index contributed by atoms with van der Waals surface area (Å²) in [6.45, 7) is 2.34. The average Bonchev–Trinajstić information content (AvgIpc) is 2.81. The van der Waals surface area contributed by atoms with Gasteiger partial charge in [0.15, 0.2) is 5.16 Å². The van der Waals surface area contributed by atoms with E-state index in [1.165, 1.54) is 36.0 Å². The molecule has 0 saturated heterocycles. The highest BCUT2D eigenvalue weighted by Gasteiger charge is 2.26. The molecule has 33 heavy (non-hydrogen) atoms. The molecule has 0 radical (unpaired) electrons. The van der Waals surface area contributed by atoms with Gasteiger partial charge in [0, 0.05) is 5.75 Å². The van der Waals surface area contributed by atoms with Crippen LogP contribution in [0.4, 0.5) is 8.78 Å². The normalized spacial score (nSPS) is 11.9. The molecule has 0 spiro atoms. The van der Waals surface area contributed by atoms with Crippen LogP contribution in [0, 0.1) is 6.92 Å². The van der Waals surface area contributed by atoms with E-state index in [1.54, 1.807) is 22.8 Å². The fraction of sp³-hybridized carbons (Fsp3) is 0.167. The highest BCUT2D eigenvalue weighted by atomic mass is 32.2. The third kappa shape index (κ3) is 4.99. The largest absolute Gasteiger partial charge is 0.341 e. The van der Waals surface area contributed by atoms with Crippen LogP contribution in [-0.4, -0.2) is 23.7 Å². The number of hydrogen-bond donors (Lipinski definition) is 0. The summed E-state index contributed by atoms with van der Waals surface area (Å²) in [4.78, 5) is 17.5. The van der Waals surface area contributed by atoms with Gasteiger partial charge in [-0.25, -0.2) is 13.4 Å². The fourth-order valence-corrected chi connectivity index (χ4v) is 4.98. The second-order valence-corrected chi connectivity index (χ2v) is 10.4. The smallest absolute Gasteiger partial charge is 0.283 e. The molecule has 3 aromatic carbocycles. The number of fused-ring (bicyclic) bond motifs is 1. The lowest BCUT2D eigenvalue weighted by atomic mass is 10.1. The Morgan fingerprint density at radius 1 is 0.939 bits per heavy atom. The van der Waals surface area contributed by atoms with Crippen molar-refractivity contribution in [1.29, 1.82) is 0 Å². The maximum absolute atomic E-state index is 13.2. The molecular weight excluding hydrogens is 466 g/mol. The Morgan fingerprint density at radius 2 is 1.58 bits per heavy atom. The van der Waals surface area contributed by atoms with Gasteiger partial charge in [-0.05, 0) is 42.3 Å². The van der Waals surface area contributed by atoms with Crippen LogP contribution in [0.3, 0.4) is 0 Å². The molecule has 0 unspecified atom stereocenters.